The summed E-state index contributed by atoms with van der Waals surface area (Å²) in [6, 6.07) is 15.8. The molecule has 4 nitrogen and oxygen atoms in total. The lowest BCUT2D eigenvalue weighted by molar-refractivity contribution is 0.101. The molecule has 0 radical (unpaired) electrons. The maximum atomic E-state index is 13.0. The molecular weight excluding hydrogens is 336 g/mol. The summed E-state index contributed by atoms with van der Waals surface area (Å²) in [5, 5.41) is 2.98. The fourth-order valence-electron chi connectivity index (χ4n) is 3.52. The van der Waals surface area contributed by atoms with Crippen LogP contribution >= 0.6 is 0 Å². The molecule has 4 heteroatoms. The van der Waals surface area contributed by atoms with Crippen molar-refractivity contribution in [2.75, 3.05) is 11.9 Å². The number of nitrogens with zero attached hydrogens (tertiary/aromatic N) is 1. The molecule has 1 unspecified atom stereocenters. The van der Waals surface area contributed by atoms with Crippen LogP contribution in [0.4, 0.5) is 10.5 Å². The fourth-order valence-corrected chi connectivity index (χ4v) is 3.52. The highest BCUT2D eigenvalue weighted by molar-refractivity contribution is 5.96. The molecule has 1 aliphatic carbocycles. The zero-order chi connectivity index (χ0) is 19.4. The van der Waals surface area contributed by atoms with Crippen LogP contribution in [0.15, 0.2) is 48.5 Å². The van der Waals surface area contributed by atoms with Crippen LogP contribution in [-0.4, -0.2) is 29.3 Å². The largest absolute Gasteiger partial charge is 0.322 e. The molecule has 2 aromatic carbocycles. The van der Waals surface area contributed by atoms with Crippen molar-refractivity contribution in [3.63, 3.8) is 0 Å². The third-order valence-corrected chi connectivity index (χ3v) is 5.25. The monoisotopic (exact) mass is 364 g/mol. The molecule has 0 aromatic heterocycles. The fraction of sp³-hybridized carbons (Fsp3) is 0.391. The molecule has 0 heterocycles. The molecule has 0 saturated heterocycles. The van der Waals surface area contributed by atoms with E-state index in [4.69, 9.17) is 0 Å². The number of Topliss-reactive ketones (excluding diaryl/α,β-unsaturated/α-hetero) is 1. The van der Waals surface area contributed by atoms with E-state index in [0.717, 1.165) is 6.42 Å². The normalized spacial score (nSPS) is 14.5. The van der Waals surface area contributed by atoms with Crippen molar-refractivity contribution in [1.82, 2.24) is 4.90 Å². The number of amides is 2. The number of carbonyl (C=O) groups excluding carboxylic acids is 2. The van der Waals surface area contributed by atoms with Crippen LogP contribution in [0, 0.1) is 12.8 Å². The Morgan fingerprint density at radius 1 is 1.15 bits per heavy atom. The predicted molar refractivity (Wildman–Crippen MR) is 109 cm³/mol. The van der Waals surface area contributed by atoms with Crippen LogP contribution in [0.3, 0.4) is 0 Å². The zero-order valence-corrected chi connectivity index (χ0v) is 16.4. The smallest absolute Gasteiger partial charge is 0.321 e. The van der Waals surface area contributed by atoms with Gasteiger partial charge >= 0.3 is 6.03 Å². The molecule has 2 amide bonds. The van der Waals surface area contributed by atoms with Gasteiger partial charge in [-0.2, -0.15) is 0 Å². The summed E-state index contributed by atoms with van der Waals surface area (Å²) < 4.78 is 0. The van der Waals surface area contributed by atoms with Crippen LogP contribution in [0.2, 0.25) is 0 Å². The molecule has 2 aromatic rings. The van der Waals surface area contributed by atoms with Crippen LogP contribution in [0.25, 0.3) is 0 Å². The summed E-state index contributed by atoms with van der Waals surface area (Å²) in [7, 11) is 0. The van der Waals surface area contributed by atoms with Crippen LogP contribution in [0.5, 0.6) is 0 Å². The van der Waals surface area contributed by atoms with E-state index in [-0.39, 0.29) is 17.9 Å². The van der Waals surface area contributed by atoms with Crippen molar-refractivity contribution in [2.45, 2.75) is 46.1 Å². The van der Waals surface area contributed by atoms with Crippen molar-refractivity contribution in [1.29, 1.82) is 0 Å². The summed E-state index contributed by atoms with van der Waals surface area (Å²) in [5.41, 5.74) is 3.78. The molecule has 0 spiro atoms. The Morgan fingerprint density at radius 2 is 1.85 bits per heavy atom. The molecule has 27 heavy (non-hydrogen) atoms. The first-order valence-corrected chi connectivity index (χ1v) is 9.72. The van der Waals surface area contributed by atoms with Crippen molar-refractivity contribution < 1.29 is 9.59 Å². The average molecular weight is 364 g/mol. The minimum atomic E-state index is -0.0952. The molecule has 1 atom stereocenters. The zero-order valence-electron chi connectivity index (χ0n) is 16.4. The standard InChI is InChI=1S/C23H28N2O2/c1-4-25(23(27)24-21-7-5-6-20(15-21)17(3)26)22(19-12-13-19)14-18-10-8-16(2)9-11-18/h5-11,15,19,22H,4,12-14H2,1-3H3,(H,24,27). The van der Waals surface area contributed by atoms with E-state index in [2.05, 4.69) is 36.5 Å². The van der Waals surface area contributed by atoms with Gasteiger partial charge in [-0.15, -0.1) is 0 Å². The Morgan fingerprint density at radius 3 is 2.44 bits per heavy atom. The second-order valence-corrected chi connectivity index (χ2v) is 7.45. The maximum absolute atomic E-state index is 13.0. The lowest BCUT2D eigenvalue weighted by atomic mass is 10.00. The lowest BCUT2D eigenvalue weighted by Crippen LogP contribution is -2.45. The van der Waals surface area contributed by atoms with Gasteiger partial charge in [-0.3, -0.25) is 4.79 Å². The Bertz CT molecular complexity index is 809. The van der Waals surface area contributed by atoms with Crippen LogP contribution < -0.4 is 5.32 Å². The van der Waals surface area contributed by atoms with Gasteiger partial charge < -0.3 is 10.2 Å². The second kappa shape index (κ2) is 8.38. The third-order valence-electron chi connectivity index (χ3n) is 5.25. The van der Waals surface area contributed by atoms with E-state index < -0.39 is 0 Å². The van der Waals surface area contributed by atoms with Crippen molar-refractivity contribution in [3.8, 4) is 0 Å². The predicted octanol–water partition coefficient (Wildman–Crippen LogP) is 5.07. The Hall–Kier alpha value is -2.62. The van der Waals surface area contributed by atoms with Crippen molar-refractivity contribution in [3.05, 3.63) is 65.2 Å². The number of rotatable bonds is 7. The topological polar surface area (TPSA) is 49.4 Å². The number of ketones is 1. The summed E-state index contributed by atoms with van der Waals surface area (Å²) in [4.78, 5) is 26.5. The van der Waals surface area contributed by atoms with E-state index in [0.29, 0.717) is 23.7 Å². The minimum Gasteiger partial charge on any atom is -0.321 e. The van der Waals surface area contributed by atoms with Crippen molar-refractivity contribution >= 4 is 17.5 Å². The lowest BCUT2D eigenvalue weighted by Gasteiger charge is -2.31. The molecule has 142 valence electrons. The highest BCUT2D eigenvalue weighted by Gasteiger charge is 2.36. The van der Waals surface area contributed by atoms with Gasteiger partial charge in [-0.1, -0.05) is 42.0 Å². The Kier molecular flexibility index (Phi) is 5.94. The van der Waals surface area contributed by atoms with Gasteiger partial charge in [0.15, 0.2) is 5.78 Å². The highest BCUT2D eigenvalue weighted by Crippen LogP contribution is 2.37. The Labute approximate surface area is 161 Å². The second-order valence-electron chi connectivity index (χ2n) is 7.45. The highest BCUT2D eigenvalue weighted by atomic mass is 16.2. The van der Waals surface area contributed by atoms with Gasteiger partial charge in [0.1, 0.15) is 0 Å². The maximum Gasteiger partial charge on any atom is 0.322 e. The van der Waals surface area contributed by atoms with E-state index in [1.165, 1.54) is 30.9 Å². The molecule has 0 aliphatic heterocycles. The van der Waals surface area contributed by atoms with Gasteiger partial charge in [0.25, 0.3) is 0 Å². The number of hydrogen-bond acceptors (Lipinski definition) is 2. The van der Waals surface area contributed by atoms with Gasteiger partial charge in [0.05, 0.1) is 0 Å². The van der Waals surface area contributed by atoms with Gasteiger partial charge in [0.2, 0.25) is 0 Å². The number of nitrogens with one attached hydrogen (secondary N) is 1. The molecule has 3 rings (SSSR count). The van der Waals surface area contributed by atoms with Gasteiger partial charge in [0, 0.05) is 23.8 Å². The minimum absolute atomic E-state index is 0.00586. The molecule has 1 fully saturated rings. The summed E-state index contributed by atoms with van der Waals surface area (Å²) in [6.07, 6.45) is 3.24. The number of anilines is 1. The number of aryl methyl sites for hydroxylation is 1. The summed E-state index contributed by atoms with van der Waals surface area (Å²) in [6.45, 7) is 6.30. The molecule has 1 saturated carbocycles. The number of urea groups is 1. The third kappa shape index (κ3) is 4.97. The first kappa shape index (κ1) is 19.2. The first-order chi connectivity index (χ1) is 13.0. The number of benzene rings is 2. The molecule has 1 N–H and O–H groups in total. The van der Waals surface area contributed by atoms with Crippen LogP contribution in [-0.2, 0) is 6.42 Å². The number of carbonyl (C=O) groups is 2. The quantitative estimate of drug-likeness (QED) is 0.697. The van der Waals surface area contributed by atoms with E-state index in [1.807, 2.05) is 17.9 Å². The number of likely N-dealkylation sites (N-methyl/N-ethyl adjacent to an activating group) is 1. The summed E-state index contributed by atoms with van der Waals surface area (Å²) >= 11 is 0. The molecule has 1 aliphatic rings. The SMILES string of the molecule is CCN(C(=O)Nc1cccc(C(C)=O)c1)C(Cc1ccc(C)cc1)C1CC1. The molecular formula is C23H28N2O2. The van der Waals surface area contributed by atoms with Crippen LogP contribution in [0.1, 0.15) is 48.2 Å². The van der Waals surface area contributed by atoms with E-state index in [1.54, 1.807) is 18.2 Å². The van der Waals surface area contributed by atoms with Gasteiger partial charge in [-0.25, -0.2) is 4.79 Å². The van der Waals surface area contributed by atoms with E-state index >= 15 is 0 Å². The first-order valence-electron chi connectivity index (χ1n) is 9.72. The van der Waals surface area contributed by atoms with E-state index in [9.17, 15) is 9.59 Å². The molecule has 0 bridgehead atoms. The Balaban J connectivity index is 1.74. The number of hydrogen-bond donors (Lipinski definition) is 1. The summed E-state index contributed by atoms with van der Waals surface area (Å²) in [5.74, 6) is 0.564. The van der Waals surface area contributed by atoms with Crippen molar-refractivity contribution in [2.24, 2.45) is 5.92 Å². The van der Waals surface area contributed by atoms with Gasteiger partial charge in [-0.05, 0) is 63.6 Å². The average Bonchev–Trinajstić information content (AvgIpc) is 3.48.